The molecular formula is C13H21N3. The van der Waals surface area contributed by atoms with Crippen molar-refractivity contribution in [2.24, 2.45) is 0 Å². The Morgan fingerprint density at radius 3 is 2.69 bits per heavy atom. The fraction of sp³-hybridized carbons (Fsp3) is 0.615. The lowest BCUT2D eigenvalue weighted by Crippen LogP contribution is -2.53. The summed E-state index contributed by atoms with van der Waals surface area (Å²) in [6.07, 6.45) is 1.89. The molecule has 1 aromatic heterocycles. The molecule has 1 saturated heterocycles. The number of pyridine rings is 1. The van der Waals surface area contributed by atoms with Gasteiger partial charge in [0.2, 0.25) is 0 Å². The van der Waals surface area contributed by atoms with Gasteiger partial charge in [-0.05, 0) is 32.4 Å². The monoisotopic (exact) mass is 219 g/mol. The normalized spacial score (nSPS) is 26.9. The lowest BCUT2D eigenvalue weighted by Gasteiger charge is -2.36. The highest BCUT2D eigenvalue weighted by Gasteiger charge is 2.21. The maximum atomic E-state index is 4.46. The van der Waals surface area contributed by atoms with Crippen LogP contribution in [0.2, 0.25) is 0 Å². The number of nitrogens with zero attached hydrogens (tertiary/aromatic N) is 2. The van der Waals surface area contributed by atoms with Gasteiger partial charge >= 0.3 is 0 Å². The Morgan fingerprint density at radius 1 is 1.38 bits per heavy atom. The summed E-state index contributed by atoms with van der Waals surface area (Å²) in [5.74, 6) is 0. The molecule has 88 valence electrons. The van der Waals surface area contributed by atoms with Crippen LogP contribution < -0.4 is 5.32 Å². The molecule has 0 spiro atoms. The summed E-state index contributed by atoms with van der Waals surface area (Å²) in [6, 6.07) is 5.29. The van der Waals surface area contributed by atoms with E-state index in [0.717, 1.165) is 19.6 Å². The summed E-state index contributed by atoms with van der Waals surface area (Å²) in [5, 5.41) is 3.55. The Balaban J connectivity index is 2.02. The highest BCUT2D eigenvalue weighted by atomic mass is 15.2. The van der Waals surface area contributed by atoms with Crippen LogP contribution in [0.5, 0.6) is 0 Å². The zero-order valence-electron chi connectivity index (χ0n) is 10.4. The van der Waals surface area contributed by atoms with Gasteiger partial charge in [-0.15, -0.1) is 0 Å². The van der Waals surface area contributed by atoms with Gasteiger partial charge in [0.15, 0.2) is 0 Å². The Hall–Kier alpha value is -0.930. The average Bonchev–Trinajstić information content (AvgIpc) is 2.20. The predicted molar refractivity (Wildman–Crippen MR) is 66.3 cm³/mol. The SMILES string of the molecule is Cc1cccnc1CN1CC(C)NC(C)C1. The molecule has 2 heterocycles. The van der Waals surface area contributed by atoms with E-state index >= 15 is 0 Å². The van der Waals surface area contributed by atoms with Crippen molar-refractivity contribution in [1.82, 2.24) is 15.2 Å². The summed E-state index contributed by atoms with van der Waals surface area (Å²) in [5.41, 5.74) is 2.50. The van der Waals surface area contributed by atoms with E-state index in [-0.39, 0.29) is 0 Å². The van der Waals surface area contributed by atoms with Crippen molar-refractivity contribution < 1.29 is 0 Å². The van der Waals surface area contributed by atoms with Crippen LogP contribution in [-0.2, 0) is 6.54 Å². The van der Waals surface area contributed by atoms with Gasteiger partial charge in [0.25, 0.3) is 0 Å². The predicted octanol–water partition coefficient (Wildman–Crippen LogP) is 1.57. The summed E-state index contributed by atoms with van der Waals surface area (Å²) in [4.78, 5) is 6.95. The van der Waals surface area contributed by atoms with Crippen LogP contribution in [0.25, 0.3) is 0 Å². The van der Waals surface area contributed by atoms with Crippen LogP contribution in [0.4, 0.5) is 0 Å². The third-order valence-corrected chi connectivity index (χ3v) is 3.12. The van der Waals surface area contributed by atoms with Crippen molar-refractivity contribution in [3.8, 4) is 0 Å². The molecule has 3 nitrogen and oxygen atoms in total. The Kier molecular flexibility index (Phi) is 3.56. The molecule has 1 aliphatic heterocycles. The third-order valence-electron chi connectivity index (χ3n) is 3.12. The van der Waals surface area contributed by atoms with Gasteiger partial charge in [0.05, 0.1) is 5.69 Å². The first-order valence-corrected chi connectivity index (χ1v) is 6.04. The molecule has 0 saturated carbocycles. The number of aryl methyl sites for hydroxylation is 1. The minimum atomic E-state index is 0.577. The molecule has 2 rings (SSSR count). The average molecular weight is 219 g/mol. The first-order chi connectivity index (χ1) is 7.65. The minimum Gasteiger partial charge on any atom is -0.309 e. The van der Waals surface area contributed by atoms with Crippen molar-refractivity contribution >= 4 is 0 Å². The first-order valence-electron chi connectivity index (χ1n) is 6.04. The third kappa shape index (κ3) is 2.80. The van der Waals surface area contributed by atoms with Crippen molar-refractivity contribution in [2.45, 2.75) is 39.4 Å². The van der Waals surface area contributed by atoms with E-state index < -0.39 is 0 Å². The molecule has 3 heteroatoms. The van der Waals surface area contributed by atoms with Crippen molar-refractivity contribution in [3.05, 3.63) is 29.6 Å². The van der Waals surface area contributed by atoms with Crippen LogP contribution in [0.3, 0.4) is 0 Å². The summed E-state index contributed by atoms with van der Waals surface area (Å²) in [7, 11) is 0. The molecule has 2 unspecified atom stereocenters. The quantitative estimate of drug-likeness (QED) is 0.818. The van der Waals surface area contributed by atoms with Crippen molar-refractivity contribution in [3.63, 3.8) is 0 Å². The second-order valence-corrected chi connectivity index (χ2v) is 4.93. The lowest BCUT2D eigenvalue weighted by molar-refractivity contribution is 0.164. The molecule has 1 fully saturated rings. The molecule has 1 aromatic rings. The van der Waals surface area contributed by atoms with Gasteiger partial charge in [-0.25, -0.2) is 0 Å². The minimum absolute atomic E-state index is 0.577. The van der Waals surface area contributed by atoms with Gasteiger partial charge in [0.1, 0.15) is 0 Å². The van der Waals surface area contributed by atoms with E-state index in [9.17, 15) is 0 Å². The van der Waals surface area contributed by atoms with Gasteiger partial charge in [-0.1, -0.05) is 6.07 Å². The van der Waals surface area contributed by atoms with E-state index in [1.165, 1.54) is 11.3 Å². The molecule has 16 heavy (non-hydrogen) atoms. The fourth-order valence-corrected chi connectivity index (χ4v) is 2.47. The van der Waals surface area contributed by atoms with E-state index in [1.54, 1.807) is 0 Å². The smallest absolute Gasteiger partial charge is 0.0573 e. The number of rotatable bonds is 2. The zero-order valence-corrected chi connectivity index (χ0v) is 10.4. The number of aromatic nitrogens is 1. The summed E-state index contributed by atoms with van der Waals surface area (Å²) < 4.78 is 0. The van der Waals surface area contributed by atoms with E-state index in [2.05, 4.69) is 42.0 Å². The molecule has 0 bridgehead atoms. The van der Waals surface area contributed by atoms with Crippen LogP contribution in [0, 0.1) is 6.92 Å². The van der Waals surface area contributed by atoms with Crippen LogP contribution in [0.15, 0.2) is 18.3 Å². The van der Waals surface area contributed by atoms with E-state index in [0.29, 0.717) is 12.1 Å². The van der Waals surface area contributed by atoms with Crippen LogP contribution in [-0.4, -0.2) is 35.1 Å². The lowest BCUT2D eigenvalue weighted by atomic mass is 10.1. The number of nitrogens with one attached hydrogen (secondary N) is 1. The molecular weight excluding hydrogens is 198 g/mol. The zero-order chi connectivity index (χ0) is 11.5. The van der Waals surface area contributed by atoms with Gasteiger partial charge in [0, 0.05) is 37.9 Å². The molecule has 1 aliphatic rings. The standard InChI is InChI=1S/C13H21N3/c1-10-5-4-6-14-13(10)9-16-7-11(2)15-12(3)8-16/h4-6,11-12,15H,7-9H2,1-3H3. The summed E-state index contributed by atoms with van der Waals surface area (Å²) >= 11 is 0. The van der Waals surface area contributed by atoms with Gasteiger partial charge in [-0.2, -0.15) is 0 Å². The molecule has 0 amide bonds. The highest BCUT2D eigenvalue weighted by molar-refractivity contribution is 5.17. The van der Waals surface area contributed by atoms with Crippen molar-refractivity contribution in [2.75, 3.05) is 13.1 Å². The van der Waals surface area contributed by atoms with Gasteiger partial charge < -0.3 is 5.32 Å². The molecule has 0 radical (unpaired) electrons. The maximum Gasteiger partial charge on any atom is 0.0573 e. The topological polar surface area (TPSA) is 28.2 Å². The summed E-state index contributed by atoms with van der Waals surface area (Å²) in [6.45, 7) is 9.82. The maximum absolute atomic E-state index is 4.46. The molecule has 0 aromatic carbocycles. The van der Waals surface area contributed by atoms with E-state index in [1.807, 2.05) is 12.3 Å². The number of hydrogen-bond acceptors (Lipinski definition) is 3. The molecule has 2 atom stereocenters. The van der Waals surface area contributed by atoms with Crippen LogP contribution in [0.1, 0.15) is 25.1 Å². The van der Waals surface area contributed by atoms with Crippen molar-refractivity contribution in [1.29, 1.82) is 0 Å². The van der Waals surface area contributed by atoms with Crippen LogP contribution >= 0.6 is 0 Å². The Bertz CT molecular complexity index is 341. The number of hydrogen-bond donors (Lipinski definition) is 1. The largest absolute Gasteiger partial charge is 0.309 e. The fourth-order valence-electron chi connectivity index (χ4n) is 2.47. The molecule has 0 aliphatic carbocycles. The number of piperazine rings is 1. The van der Waals surface area contributed by atoms with E-state index in [4.69, 9.17) is 0 Å². The second-order valence-electron chi connectivity index (χ2n) is 4.93. The van der Waals surface area contributed by atoms with Gasteiger partial charge in [-0.3, -0.25) is 9.88 Å². The first kappa shape index (κ1) is 11.6. The highest BCUT2D eigenvalue weighted by Crippen LogP contribution is 2.11. The molecule has 1 N–H and O–H groups in total. The Morgan fingerprint density at radius 2 is 2.06 bits per heavy atom. The second kappa shape index (κ2) is 4.93. The Labute approximate surface area is 97.9 Å².